The molecule has 0 aromatic heterocycles. The normalized spacial score (nSPS) is 22.0. The Morgan fingerprint density at radius 3 is 2.79 bits per heavy atom. The molecule has 1 fully saturated rings. The number of aliphatic imine (C=N–C) groups is 1. The van der Waals surface area contributed by atoms with E-state index in [4.69, 9.17) is 4.74 Å². The number of nitrogens with one attached hydrogen (secondary N) is 2. The summed E-state index contributed by atoms with van der Waals surface area (Å²) in [5, 5.41) is 6.72. The van der Waals surface area contributed by atoms with Crippen LogP contribution in [0.5, 0.6) is 5.75 Å². The summed E-state index contributed by atoms with van der Waals surface area (Å²) in [6.45, 7) is 2.98. The summed E-state index contributed by atoms with van der Waals surface area (Å²) >= 11 is 3.49. The fourth-order valence-electron chi connectivity index (χ4n) is 1.90. The largest absolute Gasteiger partial charge is 0.496 e. The Hall–Kier alpha value is -1.23. The number of halogens is 1. The minimum absolute atomic E-state index is 0.578. The molecule has 0 bridgehead atoms. The first kappa shape index (κ1) is 14.2. The third-order valence-electron chi connectivity index (χ3n) is 3.33. The van der Waals surface area contributed by atoms with E-state index in [1.54, 1.807) is 14.2 Å². The van der Waals surface area contributed by atoms with Gasteiger partial charge < -0.3 is 15.4 Å². The highest BCUT2D eigenvalue weighted by atomic mass is 79.9. The van der Waals surface area contributed by atoms with E-state index in [1.165, 1.54) is 12.0 Å². The highest BCUT2D eigenvalue weighted by Crippen LogP contribution is 2.28. The second kappa shape index (κ2) is 6.28. The van der Waals surface area contributed by atoms with Crippen LogP contribution in [0.2, 0.25) is 0 Å². The van der Waals surface area contributed by atoms with Crippen molar-refractivity contribution in [1.82, 2.24) is 10.6 Å². The number of guanidine groups is 1. The molecule has 1 aromatic carbocycles. The zero-order valence-electron chi connectivity index (χ0n) is 11.5. The predicted octanol–water partition coefficient (Wildman–Crippen LogP) is 2.53. The molecule has 0 spiro atoms. The lowest BCUT2D eigenvalue weighted by atomic mass is 10.2. The molecule has 0 radical (unpaired) electrons. The van der Waals surface area contributed by atoms with E-state index in [0.717, 1.165) is 28.6 Å². The van der Waals surface area contributed by atoms with E-state index >= 15 is 0 Å². The second-order valence-electron chi connectivity index (χ2n) is 4.86. The number of nitrogens with zero attached hydrogens (tertiary/aromatic N) is 1. The van der Waals surface area contributed by atoms with Crippen molar-refractivity contribution in [3.63, 3.8) is 0 Å². The standard InChI is InChI=1S/C14H20BrN3O/c1-9-6-12(9)18-14(16-2)17-8-10-4-5-13(19-3)11(15)7-10/h4-5,7,9,12H,6,8H2,1-3H3,(H2,16,17,18). The summed E-state index contributed by atoms with van der Waals surface area (Å²) in [5.41, 5.74) is 1.18. The van der Waals surface area contributed by atoms with E-state index in [1.807, 2.05) is 12.1 Å². The SMILES string of the molecule is CN=C(NCc1ccc(OC)c(Br)c1)NC1CC1C. The molecule has 1 aromatic rings. The number of rotatable bonds is 4. The van der Waals surface area contributed by atoms with Gasteiger partial charge in [0.25, 0.3) is 0 Å². The maximum Gasteiger partial charge on any atom is 0.191 e. The summed E-state index contributed by atoms with van der Waals surface area (Å²) in [6, 6.07) is 6.64. The van der Waals surface area contributed by atoms with Crippen molar-refractivity contribution < 1.29 is 4.74 Å². The van der Waals surface area contributed by atoms with Gasteiger partial charge in [-0.1, -0.05) is 13.0 Å². The van der Waals surface area contributed by atoms with Crippen molar-refractivity contribution in [3.8, 4) is 5.75 Å². The van der Waals surface area contributed by atoms with Crippen LogP contribution in [0.15, 0.2) is 27.7 Å². The first-order chi connectivity index (χ1) is 9.13. The van der Waals surface area contributed by atoms with E-state index in [9.17, 15) is 0 Å². The molecule has 1 saturated carbocycles. The van der Waals surface area contributed by atoms with Gasteiger partial charge >= 0.3 is 0 Å². The Morgan fingerprint density at radius 1 is 1.53 bits per heavy atom. The Kier molecular flexibility index (Phi) is 4.69. The van der Waals surface area contributed by atoms with Crippen LogP contribution in [-0.2, 0) is 6.54 Å². The molecule has 0 saturated heterocycles. The number of benzene rings is 1. The van der Waals surface area contributed by atoms with Crippen LogP contribution in [0.3, 0.4) is 0 Å². The van der Waals surface area contributed by atoms with Crippen LogP contribution in [0, 0.1) is 5.92 Å². The number of ether oxygens (including phenoxy) is 1. The van der Waals surface area contributed by atoms with Crippen LogP contribution in [0.25, 0.3) is 0 Å². The van der Waals surface area contributed by atoms with Crippen LogP contribution < -0.4 is 15.4 Å². The van der Waals surface area contributed by atoms with Gasteiger partial charge in [-0.05, 0) is 46.0 Å². The van der Waals surface area contributed by atoms with E-state index in [2.05, 4.69) is 44.5 Å². The smallest absolute Gasteiger partial charge is 0.191 e. The maximum atomic E-state index is 5.22. The zero-order valence-corrected chi connectivity index (χ0v) is 13.1. The molecule has 2 N–H and O–H groups in total. The highest BCUT2D eigenvalue weighted by molar-refractivity contribution is 9.10. The van der Waals surface area contributed by atoms with E-state index in [-0.39, 0.29) is 0 Å². The van der Waals surface area contributed by atoms with Gasteiger partial charge in [0.05, 0.1) is 11.6 Å². The van der Waals surface area contributed by atoms with E-state index < -0.39 is 0 Å². The molecule has 2 atom stereocenters. The van der Waals surface area contributed by atoms with Gasteiger partial charge in [-0.3, -0.25) is 4.99 Å². The van der Waals surface area contributed by atoms with Crippen molar-refractivity contribution >= 4 is 21.9 Å². The van der Waals surface area contributed by atoms with Gasteiger partial charge in [0, 0.05) is 19.6 Å². The summed E-state index contributed by atoms with van der Waals surface area (Å²) in [5.74, 6) is 2.47. The molecule has 2 rings (SSSR count). The summed E-state index contributed by atoms with van der Waals surface area (Å²) in [7, 11) is 3.47. The number of hydrogen-bond donors (Lipinski definition) is 2. The topological polar surface area (TPSA) is 45.7 Å². The molecule has 5 heteroatoms. The van der Waals surface area contributed by atoms with Gasteiger partial charge in [-0.25, -0.2) is 0 Å². The van der Waals surface area contributed by atoms with Crippen molar-refractivity contribution in [2.45, 2.75) is 25.9 Å². The lowest BCUT2D eigenvalue weighted by Gasteiger charge is -2.12. The third-order valence-corrected chi connectivity index (χ3v) is 3.95. The summed E-state index contributed by atoms with van der Waals surface area (Å²) in [4.78, 5) is 4.23. The molecule has 0 heterocycles. The number of hydrogen-bond acceptors (Lipinski definition) is 2. The lowest BCUT2D eigenvalue weighted by molar-refractivity contribution is 0.412. The molecule has 0 amide bonds. The Morgan fingerprint density at radius 2 is 2.26 bits per heavy atom. The van der Waals surface area contributed by atoms with E-state index in [0.29, 0.717) is 6.04 Å². The summed E-state index contributed by atoms with van der Waals surface area (Å²) < 4.78 is 6.18. The molecule has 0 aliphatic heterocycles. The van der Waals surface area contributed by atoms with Gasteiger partial charge in [0.1, 0.15) is 5.75 Å². The second-order valence-corrected chi connectivity index (χ2v) is 5.71. The average molecular weight is 326 g/mol. The quantitative estimate of drug-likeness (QED) is 0.660. The van der Waals surface area contributed by atoms with Crippen LogP contribution >= 0.6 is 15.9 Å². The number of methoxy groups -OCH3 is 1. The molecule has 104 valence electrons. The minimum atomic E-state index is 0.578. The highest BCUT2D eigenvalue weighted by Gasteiger charge is 2.33. The fraction of sp³-hybridized carbons (Fsp3) is 0.500. The van der Waals surface area contributed by atoms with Gasteiger partial charge in [0.2, 0.25) is 0 Å². The zero-order chi connectivity index (χ0) is 13.8. The molecule has 1 aliphatic carbocycles. The molecular weight excluding hydrogens is 306 g/mol. The van der Waals surface area contributed by atoms with Crippen molar-refractivity contribution in [1.29, 1.82) is 0 Å². The molecule has 1 aliphatic rings. The van der Waals surface area contributed by atoms with Gasteiger partial charge in [-0.2, -0.15) is 0 Å². The molecule has 19 heavy (non-hydrogen) atoms. The predicted molar refractivity (Wildman–Crippen MR) is 81.6 cm³/mol. The third kappa shape index (κ3) is 3.86. The first-order valence-electron chi connectivity index (χ1n) is 6.43. The van der Waals surface area contributed by atoms with Crippen molar-refractivity contribution in [2.75, 3.05) is 14.2 Å². The first-order valence-corrected chi connectivity index (χ1v) is 7.23. The maximum absolute atomic E-state index is 5.22. The van der Waals surface area contributed by atoms with Crippen molar-refractivity contribution in [2.24, 2.45) is 10.9 Å². The molecule has 4 nitrogen and oxygen atoms in total. The van der Waals surface area contributed by atoms with Crippen LogP contribution in [0.1, 0.15) is 18.9 Å². The lowest BCUT2D eigenvalue weighted by Crippen LogP contribution is -2.38. The molecular formula is C14H20BrN3O. The Labute approximate surface area is 122 Å². The summed E-state index contributed by atoms with van der Waals surface area (Å²) in [6.07, 6.45) is 1.23. The van der Waals surface area contributed by atoms with Crippen LogP contribution in [0.4, 0.5) is 0 Å². The monoisotopic (exact) mass is 325 g/mol. The van der Waals surface area contributed by atoms with Gasteiger partial charge in [-0.15, -0.1) is 0 Å². The molecule has 2 unspecified atom stereocenters. The fourth-order valence-corrected chi connectivity index (χ4v) is 2.49. The Balaban J connectivity index is 1.88. The average Bonchev–Trinajstić information content (AvgIpc) is 3.10. The van der Waals surface area contributed by atoms with Crippen LogP contribution in [-0.4, -0.2) is 26.2 Å². The van der Waals surface area contributed by atoms with Crippen molar-refractivity contribution in [3.05, 3.63) is 28.2 Å². The van der Waals surface area contributed by atoms with Gasteiger partial charge in [0.15, 0.2) is 5.96 Å². The minimum Gasteiger partial charge on any atom is -0.496 e. The Bertz CT molecular complexity index is 476.